The second-order valence-corrected chi connectivity index (χ2v) is 7.41. The lowest BCUT2D eigenvalue weighted by Gasteiger charge is -2.20. The molecule has 27 heavy (non-hydrogen) atoms. The Hall–Kier alpha value is -2.77. The summed E-state index contributed by atoms with van der Waals surface area (Å²) in [6.07, 6.45) is 5.62. The van der Waals surface area contributed by atoms with Crippen molar-refractivity contribution >= 4 is 22.4 Å². The highest BCUT2D eigenvalue weighted by atomic mass is 32.1. The van der Waals surface area contributed by atoms with E-state index < -0.39 is 0 Å². The van der Waals surface area contributed by atoms with Crippen LogP contribution >= 0.6 is 11.3 Å². The molecule has 0 saturated carbocycles. The van der Waals surface area contributed by atoms with Crippen LogP contribution in [-0.4, -0.2) is 29.0 Å². The second-order valence-electron chi connectivity index (χ2n) is 6.35. The number of piperidine rings is 1. The average Bonchev–Trinajstić information content (AvgIpc) is 3.18. The van der Waals surface area contributed by atoms with Crippen molar-refractivity contribution in [3.8, 4) is 11.6 Å². The van der Waals surface area contributed by atoms with Crippen molar-refractivity contribution in [2.75, 3.05) is 18.4 Å². The van der Waals surface area contributed by atoms with E-state index in [1.54, 1.807) is 23.5 Å². The van der Waals surface area contributed by atoms with Crippen molar-refractivity contribution < 1.29 is 9.53 Å². The predicted octanol–water partition coefficient (Wildman–Crippen LogP) is 4.05. The number of pyridine rings is 1. The quantitative estimate of drug-likeness (QED) is 0.698. The highest BCUT2D eigenvalue weighted by Crippen LogP contribution is 2.31. The summed E-state index contributed by atoms with van der Waals surface area (Å²) < 4.78 is 5.64. The lowest BCUT2D eigenvalue weighted by Crippen LogP contribution is -2.26. The first kappa shape index (κ1) is 17.6. The number of nitrogens with one attached hydrogen (secondary N) is 2. The van der Waals surface area contributed by atoms with Crippen LogP contribution in [0.4, 0.5) is 5.13 Å². The van der Waals surface area contributed by atoms with Gasteiger partial charge >= 0.3 is 0 Å². The minimum atomic E-state index is -0.222. The van der Waals surface area contributed by atoms with Gasteiger partial charge in [-0.15, -0.1) is 11.3 Å². The van der Waals surface area contributed by atoms with Crippen LogP contribution in [0, 0.1) is 0 Å². The smallest absolute Gasteiger partial charge is 0.259 e. The fourth-order valence-electron chi connectivity index (χ4n) is 2.99. The van der Waals surface area contributed by atoms with Crippen LogP contribution in [0.2, 0.25) is 0 Å². The second kappa shape index (κ2) is 8.28. The molecule has 0 radical (unpaired) electrons. The summed E-state index contributed by atoms with van der Waals surface area (Å²) in [5, 5.41) is 6.84. The number of nitrogens with zero attached hydrogens (tertiary/aromatic N) is 2. The number of benzene rings is 1. The average molecular weight is 380 g/mol. The van der Waals surface area contributed by atoms with E-state index in [1.807, 2.05) is 36.5 Å². The molecular formula is C20H20N4O2S. The van der Waals surface area contributed by atoms with Crippen LogP contribution in [0.3, 0.4) is 0 Å². The van der Waals surface area contributed by atoms with Gasteiger partial charge in [0.25, 0.3) is 5.91 Å². The Morgan fingerprint density at radius 2 is 1.89 bits per heavy atom. The molecule has 1 saturated heterocycles. The van der Waals surface area contributed by atoms with Crippen molar-refractivity contribution in [2.45, 2.75) is 18.8 Å². The molecule has 6 nitrogen and oxygen atoms in total. The highest BCUT2D eigenvalue weighted by Gasteiger charge is 2.18. The van der Waals surface area contributed by atoms with Crippen LogP contribution in [0.1, 0.15) is 34.0 Å². The third-order valence-corrected chi connectivity index (χ3v) is 5.52. The van der Waals surface area contributed by atoms with E-state index in [0.29, 0.717) is 28.2 Å². The summed E-state index contributed by atoms with van der Waals surface area (Å²) in [6.45, 7) is 2.07. The first-order chi connectivity index (χ1) is 13.3. The van der Waals surface area contributed by atoms with Crippen molar-refractivity contribution in [3.05, 3.63) is 65.3 Å². The Labute approximate surface area is 161 Å². The molecule has 138 valence electrons. The van der Waals surface area contributed by atoms with Crippen molar-refractivity contribution in [2.24, 2.45) is 0 Å². The van der Waals surface area contributed by atoms with Gasteiger partial charge < -0.3 is 10.1 Å². The molecule has 4 rings (SSSR count). The number of para-hydroxylation sites is 1. The molecular weight excluding hydrogens is 360 g/mol. The lowest BCUT2D eigenvalue weighted by molar-refractivity contribution is 0.102. The minimum absolute atomic E-state index is 0.222. The first-order valence-corrected chi connectivity index (χ1v) is 9.76. The Morgan fingerprint density at radius 3 is 2.63 bits per heavy atom. The third kappa shape index (κ3) is 4.50. The molecule has 3 heterocycles. The van der Waals surface area contributed by atoms with Crippen molar-refractivity contribution in [1.29, 1.82) is 0 Å². The van der Waals surface area contributed by atoms with E-state index in [-0.39, 0.29) is 5.91 Å². The van der Waals surface area contributed by atoms with Gasteiger partial charge in [0.1, 0.15) is 5.75 Å². The van der Waals surface area contributed by atoms with E-state index in [2.05, 4.69) is 20.6 Å². The largest absolute Gasteiger partial charge is 0.439 e. The molecule has 1 amide bonds. The molecule has 0 aliphatic carbocycles. The van der Waals surface area contributed by atoms with Gasteiger partial charge in [-0.05, 0) is 50.0 Å². The van der Waals surface area contributed by atoms with Crippen LogP contribution in [0.5, 0.6) is 11.6 Å². The van der Waals surface area contributed by atoms with Crippen LogP contribution in [0.25, 0.3) is 0 Å². The summed E-state index contributed by atoms with van der Waals surface area (Å²) >= 11 is 1.55. The van der Waals surface area contributed by atoms with E-state index in [4.69, 9.17) is 4.74 Å². The number of amides is 1. The Bertz CT molecular complexity index is 890. The molecule has 0 atom stereocenters. The van der Waals surface area contributed by atoms with Crippen LogP contribution < -0.4 is 15.4 Å². The molecule has 1 fully saturated rings. The van der Waals surface area contributed by atoms with Gasteiger partial charge in [0, 0.05) is 23.3 Å². The number of rotatable bonds is 5. The van der Waals surface area contributed by atoms with Crippen LogP contribution in [0.15, 0.2) is 54.9 Å². The van der Waals surface area contributed by atoms with E-state index in [9.17, 15) is 4.79 Å². The fourth-order valence-corrected chi connectivity index (χ4v) is 3.97. The molecule has 2 N–H and O–H groups in total. The van der Waals surface area contributed by atoms with E-state index >= 15 is 0 Å². The maximum Gasteiger partial charge on any atom is 0.259 e. The molecule has 1 aliphatic heterocycles. The monoisotopic (exact) mass is 380 g/mol. The predicted molar refractivity (Wildman–Crippen MR) is 106 cm³/mol. The molecule has 7 heteroatoms. The Balaban J connectivity index is 1.37. The maximum atomic E-state index is 12.4. The number of hydrogen-bond donors (Lipinski definition) is 2. The van der Waals surface area contributed by atoms with Crippen molar-refractivity contribution in [1.82, 2.24) is 15.3 Å². The number of aromatic nitrogens is 2. The first-order valence-electron chi connectivity index (χ1n) is 8.95. The molecule has 0 spiro atoms. The minimum Gasteiger partial charge on any atom is -0.439 e. The standard InChI is InChI=1S/C20H20N4O2S/c25-19(24-20-23-13-17(27-20)14-8-10-21-11-9-14)15-6-7-18(22-12-15)26-16-4-2-1-3-5-16/h1-7,12-14,21H,8-11H2,(H,23,24,25). The number of ether oxygens (including phenoxy) is 1. The van der Waals surface area contributed by atoms with Gasteiger partial charge in [-0.1, -0.05) is 18.2 Å². The molecule has 2 aromatic heterocycles. The number of anilines is 1. The highest BCUT2D eigenvalue weighted by molar-refractivity contribution is 7.15. The normalized spacial score (nSPS) is 14.7. The number of carbonyl (C=O) groups excluding carboxylic acids is 1. The molecule has 1 aromatic carbocycles. The summed E-state index contributed by atoms with van der Waals surface area (Å²) in [6, 6.07) is 12.8. The number of carbonyl (C=O) groups is 1. The molecule has 3 aromatic rings. The maximum absolute atomic E-state index is 12.4. The van der Waals surface area contributed by atoms with Gasteiger partial charge in [0.15, 0.2) is 5.13 Å². The summed E-state index contributed by atoms with van der Waals surface area (Å²) in [4.78, 5) is 22.2. The number of hydrogen-bond acceptors (Lipinski definition) is 6. The number of thiazole rings is 1. The summed E-state index contributed by atoms with van der Waals surface area (Å²) in [7, 11) is 0. The zero-order valence-electron chi connectivity index (χ0n) is 14.7. The van der Waals surface area contributed by atoms with Gasteiger partial charge in [-0.3, -0.25) is 10.1 Å². The fraction of sp³-hybridized carbons (Fsp3) is 0.250. The SMILES string of the molecule is O=C(Nc1ncc(C2CCNCC2)s1)c1ccc(Oc2ccccc2)nc1. The lowest BCUT2D eigenvalue weighted by atomic mass is 9.97. The summed E-state index contributed by atoms with van der Waals surface area (Å²) in [5.74, 6) is 1.46. The van der Waals surface area contributed by atoms with E-state index in [1.165, 1.54) is 11.1 Å². The van der Waals surface area contributed by atoms with Gasteiger partial charge in [-0.2, -0.15) is 0 Å². The zero-order chi connectivity index (χ0) is 18.5. The van der Waals surface area contributed by atoms with Crippen LogP contribution in [-0.2, 0) is 0 Å². The zero-order valence-corrected chi connectivity index (χ0v) is 15.5. The van der Waals surface area contributed by atoms with Gasteiger partial charge in [-0.25, -0.2) is 9.97 Å². The summed E-state index contributed by atoms with van der Waals surface area (Å²) in [5.41, 5.74) is 0.467. The van der Waals surface area contributed by atoms with E-state index in [0.717, 1.165) is 25.9 Å². The molecule has 0 bridgehead atoms. The Kier molecular flexibility index (Phi) is 5.41. The van der Waals surface area contributed by atoms with Crippen molar-refractivity contribution in [3.63, 3.8) is 0 Å². The van der Waals surface area contributed by atoms with Gasteiger partial charge in [0.2, 0.25) is 5.88 Å². The Morgan fingerprint density at radius 1 is 1.07 bits per heavy atom. The third-order valence-electron chi connectivity index (χ3n) is 4.45. The topological polar surface area (TPSA) is 76.1 Å². The molecule has 1 aliphatic rings. The molecule has 0 unspecified atom stereocenters. The van der Waals surface area contributed by atoms with Gasteiger partial charge in [0.05, 0.1) is 5.56 Å².